The Morgan fingerprint density at radius 2 is 2.48 bits per heavy atom. The Morgan fingerprint density at radius 3 is 3.14 bits per heavy atom. The van der Waals surface area contributed by atoms with Gasteiger partial charge in [0.05, 0.1) is 6.04 Å². The Bertz CT molecular complexity index is 701. The van der Waals surface area contributed by atoms with Crippen LogP contribution in [-0.2, 0) is 6.54 Å². The van der Waals surface area contributed by atoms with Gasteiger partial charge in [-0.1, -0.05) is 5.16 Å². The summed E-state index contributed by atoms with van der Waals surface area (Å²) in [7, 11) is 0. The van der Waals surface area contributed by atoms with Crippen LogP contribution in [0.5, 0.6) is 0 Å². The summed E-state index contributed by atoms with van der Waals surface area (Å²) in [6.07, 6.45) is 1.92. The van der Waals surface area contributed by atoms with E-state index >= 15 is 0 Å². The second kappa shape index (κ2) is 5.63. The molecule has 8 heteroatoms. The fourth-order valence-corrected chi connectivity index (χ4v) is 3.32. The molecule has 2 aromatic heterocycles. The molecule has 2 aromatic rings. The van der Waals surface area contributed by atoms with Crippen molar-refractivity contribution in [3.63, 3.8) is 0 Å². The summed E-state index contributed by atoms with van der Waals surface area (Å²) in [6.45, 7) is 1.64. The zero-order chi connectivity index (χ0) is 14.8. The number of aromatic nitrogens is 2. The topological polar surface area (TPSA) is 109 Å². The van der Waals surface area contributed by atoms with Crippen molar-refractivity contribution in [1.29, 1.82) is 5.26 Å². The van der Waals surface area contributed by atoms with Crippen LogP contribution in [0.2, 0.25) is 0 Å². The molecule has 3 heterocycles. The number of hydrogen-bond acceptors (Lipinski definition) is 7. The normalized spacial score (nSPS) is 18.7. The zero-order valence-corrected chi connectivity index (χ0v) is 12.0. The Kier molecular flexibility index (Phi) is 3.68. The third-order valence-electron chi connectivity index (χ3n) is 3.44. The van der Waals surface area contributed by atoms with Gasteiger partial charge in [-0.05, 0) is 31.5 Å². The molecule has 1 unspecified atom stereocenters. The van der Waals surface area contributed by atoms with Crippen molar-refractivity contribution < 1.29 is 9.32 Å². The first-order valence-corrected chi connectivity index (χ1v) is 7.35. The van der Waals surface area contributed by atoms with Crippen molar-refractivity contribution in [1.82, 2.24) is 15.0 Å². The lowest BCUT2D eigenvalue weighted by atomic mass is 10.2. The molecule has 0 aromatic carbocycles. The van der Waals surface area contributed by atoms with Gasteiger partial charge in [-0.3, -0.25) is 9.69 Å². The van der Waals surface area contributed by atoms with E-state index in [1.54, 1.807) is 0 Å². The van der Waals surface area contributed by atoms with Crippen LogP contribution in [0.25, 0.3) is 0 Å². The first-order chi connectivity index (χ1) is 10.2. The molecule has 3 rings (SSSR count). The third-order valence-corrected chi connectivity index (χ3v) is 4.42. The standard InChI is InChI=1S/C13H13N5O2S/c14-6-8-3-4-9(21-8)7-18-5-1-2-10(18)13-16-12(11(15)19)17-20-13/h3-4,10H,1-2,5,7H2,(H2,15,19). The molecule has 0 bridgehead atoms. The Labute approximate surface area is 125 Å². The molecule has 1 aliphatic heterocycles. The second-order valence-corrected chi connectivity index (χ2v) is 6.00. The van der Waals surface area contributed by atoms with Crippen molar-refractivity contribution >= 4 is 17.2 Å². The first kappa shape index (κ1) is 13.7. The maximum atomic E-state index is 11.0. The van der Waals surface area contributed by atoms with E-state index in [1.165, 1.54) is 11.3 Å². The molecule has 1 fully saturated rings. The molecule has 21 heavy (non-hydrogen) atoms. The fourth-order valence-electron chi connectivity index (χ4n) is 2.49. The quantitative estimate of drug-likeness (QED) is 0.915. The summed E-state index contributed by atoms with van der Waals surface area (Å²) >= 11 is 1.48. The minimum atomic E-state index is -0.688. The Balaban J connectivity index is 1.75. The largest absolute Gasteiger partial charge is 0.363 e. The number of nitrogens with two attached hydrogens (primary N) is 1. The molecule has 0 spiro atoms. The Hall–Kier alpha value is -2.24. The van der Waals surface area contributed by atoms with E-state index < -0.39 is 5.91 Å². The summed E-state index contributed by atoms with van der Waals surface area (Å²) in [5.41, 5.74) is 5.14. The number of thiophene rings is 1. The number of hydrogen-bond donors (Lipinski definition) is 1. The van der Waals surface area contributed by atoms with Gasteiger partial charge in [-0.25, -0.2) is 0 Å². The lowest BCUT2D eigenvalue weighted by Gasteiger charge is -2.20. The number of carbonyl (C=O) groups excluding carboxylic acids is 1. The van der Waals surface area contributed by atoms with E-state index in [4.69, 9.17) is 15.5 Å². The van der Waals surface area contributed by atoms with Gasteiger partial charge in [0.2, 0.25) is 5.89 Å². The van der Waals surface area contributed by atoms with E-state index in [9.17, 15) is 4.79 Å². The van der Waals surface area contributed by atoms with Gasteiger partial charge in [0.15, 0.2) is 0 Å². The van der Waals surface area contributed by atoms with Crippen LogP contribution >= 0.6 is 11.3 Å². The number of carbonyl (C=O) groups is 1. The summed E-state index contributed by atoms with van der Waals surface area (Å²) in [6, 6.07) is 5.92. The van der Waals surface area contributed by atoms with Gasteiger partial charge in [0.1, 0.15) is 10.9 Å². The van der Waals surface area contributed by atoms with Crippen LogP contribution < -0.4 is 5.73 Å². The molecular formula is C13H13N5O2S. The van der Waals surface area contributed by atoms with Gasteiger partial charge < -0.3 is 10.3 Å². The third kappa shape index (κ3) is 2.79. The molecule has 7 nitrogen and oxygen atoms in total. The van der Waals surface area contributed by atoms with Crippen molar-refractivity contribution in [3.8, 4) is 6.07 Å². The molecule has 108 valence electrons. The second-order valence-electron chi connectivity index (χ2n) is 4.83. The lowest BCUT2D eigenvalue weighted by Crippen LogP contribution is -2.22. The summed E-state index contributed by atoms with van der Waals surface area (Å²) < 4.78 is 5.15. The van der Waals surface area contributed by atoms with Gasteiger partial charge in [0, 0.05) is 11.4 Å². The van der Waals surface area contributed by atoms with Crippen LogP contribution in [0, 0.1) is 11.3 Å². The van der Waals surface area contributed by atoms with Gasteiger partial charge in [-0.15, -0.1) is 11.3 Å². The van der Waals surface area contributed by atoms with Crippen molar-refractivity contribution in [2.24, 2.45) is 5.73 Å². The predicted octanol–water partition coefficient (Wildman–Crippen LogP) is 1.44. The average Bonchev–Trinajstić information content (AvgIpc) is 3.18. The SMILES string of the molecule is N#Cc1ccc(CN2CCCC2c2nc(C(N)=O)no2)s1. The molecule has 0 radical (unpaired) electrons. The number of likely N-dealkylation sites (tertiary alicyclic amines) is 1. The predicted molar refractivity (Wildman–Crippen MR) is 74.2 cm³/mol. The zero-order valence-electron chi connectivity index (χ0n) is 11.2. The van der Waals surface area contributed by atoms with Gasteiger partial charge in [0.25, 0.3) is 11.7 Å². The van der Waals surface area contributed by atoms with E-state index in [0.717, 1.165) is 30.8 Å². The van der Waals surface area contributed by atoms with Crippen molar-refractivity contribution in [2.75, 3.05) is 6.54 Å². The summed E-state index contributed by atoms with van der Waals surface area (Å²) in [5, 5.41) is 12.5. The maximum Gasteiger partial charge on any atom is 0.290 e. The molecule has 0 saturated carbocycles. The van der Waals surface area contributed by atoms with Crippen LogP contribution in [0.15, 0.2) is 16.7 Å². The van der Waals surface area contributed by atoms with E-state index in [2.05, 4.69) is 21.1 Å². The maximum absolute atomic E-state index is 11.0. The number of nitrogens with zero attached hydrogens (tertiary/aromatic N) is 4. The minimum absolute atomic E-state index is 0.00163. The first-order valence-electron chi connectivity index (χ1n) is 6.53. The number of amides is 1. The smallest absolute Gasteiger partial charge is 0.290 e. The van der Waals surface area contributed by atoms with Crippen molar-refractivity contribution in [3.05, 3.63) is 33.6 Å². The van der Waals surface area contributed by atoms with E-state index in [0.29, 0.717) is 10.8 Å². The molecule has 1 amide bonds. The van der Waals surface area contributed by atoms with Crippen LogP contribution in [0.4, 0.5) is 0 Å². The molecular weight excluding hydrogens is 290 g/mol. The highest BCUT2D eigenvalue weighted by Gasteiger charge is 2.31. The summed E-state index contributed by atoms with van der Waals surface area (Å²) in [5.74, 6) is -0.343. The molecule has 1 aliphatic rings. The lowest BCUT2D eigenvalue weighted by molar-refractivity contribution is 0.0987. The molecule has 1 atom stereocenters. The fraction of sp³-hybridized carbons (Fsp3) is 0.385. The van der Waals surface area contributed by atoms with Gasteiger partial charge >= 0.3 is 0 Å². The molecule has 2 N–H and O–H groups in total. The molecule has 1 saturated heterocycles. The minimum Gasteiger partial charge on any atom is -0.363 e. The van der Waals surface area contributed by atoms with Crippen LogP contribution in [-0.4, -0.2) is 27.5 Å². The monoisotopic (exact) mass is 303 g/mol. The molecule has 0 aliphatic carbocycles. The van der Waals surface area contributed by atoms with Gasteiger partial charge in [-0.2, -0.15) is 10.2 Å². The highest BCUT2D eigenvalue weighted by molar-refractivity contribution is 7.12. The highest BCUT2D eigenvalue weighted by atomic mass is 32.1. The van der Waals surface area contributed by atoms with Crippen LogP contribution in [0.3, 0.4) is 0 Å². The van der Waals surface area contributed by atoms with Crippen molar-refractivity contribution in [2.45, 2.75) is 25.4 Å². The number of nitriles is 1. The number of primary amides is 1. The number of rotatable bonds is 4. The highest BCUT2D eigenvalue weighted by Crippen LogP contribution is 2.33. The average molecular weight is 303 g/mol. The van der Waals surface area contributed by atoms with Crippen LogP contribution in [0.1, 0.15) is 45.1 Å². The van der Waals surface area contributed by atoms with E-state index in [-0.39, 0.29) is 11.9 Å². The van der Waals surface area contributed by atoms with E-state index in [1.807, 2.05) is 12.1 Å². The summed E-state index contributed by atoms with van der Waals surface area (Å²) in [4.78, 5) is 19.1. The Morgan fingerprint density at radius 1 is 1.62 bits per heavy atom.